The van der Waals surface area contributed by atoms with Crippen molar-refractivity contribution in [3.63, 3.8) is 0 Å². The molecule has 0 amide bonds. The Labute approximate surface area is 213 Å². The lowest BCUT2D eigenvalue weighted by atomic mass is 10.1. The van der Waals surface area contributed by atoms with Gasteiger partial charge in [0.05, 0.1) is 17.9 Å². The van der Waals surface area contributed by atoms with Crippen molar-refractivity contribution in [1.82, 2.24) is 9.97 Å². The van der Waals surface area contributed by atoms with Crippen molar-refractivity contribution in [3.05, 3.63) is 70.5 Å². The second kappa shape index (κ2) is 11.2. The Morgan fingerprint density at radius 1 is 1.03 bits per heavy atom. The number of nitrogens with zero attached hydrogens (tertiary/aromatic N) is 2. The second-order valence-corrected chi connectivity index (χ2v) is 9.01. The number of carbonyl (C=O) groups is 1. The smallest absolute Gasteiger partial charge is 0.416 e. The highest BCUT2D eigenvalue weighted by Gasteiger charge is 2.31. The molecule has 0 spiro atoms. The standard InChI is InChI=1S/C27H29F3N2O5/c1-16-14-20(10-11-23(16)37-26(3,4)25(33)34)36-15-21-17(2)31-24(32-22(21)12-13-35-5)18-6-8-19(9-7-18)27(28,29)30/h6-11,14H,12-13,15H2,1-5H3,(H,33,34). The van der Waals surface area contributed by atoms with Gasteiger partial charge in [0.15, 0.2) is 11.4 Å². The van der Waals surface area contributed by atoms with Crippen LogP contribution in [-0.2, 0) is 28.7 Å². The molecule has 198 valence electrons. The molecule has 0 radical (unpaired) electrons. The summed E-state index contributed by atoms with van der Waals surface area (Å²) in [7, 11) is 1.57. The Hall–Kier alpha value is -3.66. The second-order valence-electron chi connectivity index (χ2n) is 9.01. The van der Waals surface area contributed by atoms with E-state index in [1.807, 2.05) is 0 Å². The number of hydrogen-bond acceptors (Lipinski definition) is 6. The molecule has 2 aromatic carbocycles. The average Bonchev–Trinajstić information content (AvgIpc) is 2.82. The van der Waals surface area contributed by atoms with Crippen molar-refractivity contribution in [1.29, 1.82) is 0 Å². The Morgan fingerprint density at radius 3 is 2.27 bits per heavy atom. The van der Waals surface area contributed by atoms with Crippen LogP contribution in [0.1, 0.15) is 41.9 Å². The molecule has 0 bridgehead atoms. The fraction of sp³-hybridized carbons (Fsp3) is 0.370. The largest absolute Gasteiger partial charge is 0.489 e. The zero-order valence-corrected chi connectivity index (χ0v) is 21.3. The predicted octanol–water partition coefficient (Wildman–Crippen LogP) is 5.79. The molecule has 3 aromatic rings. The normalized spacial score (nSPS) is 11.9. The number of hydrogen-bond donors (Lipinski definition) is 1. The lowest BCUT2D eigenvalue weighted by molar-refractivity contribution is -0.152. The van der Waals surface area contributed by atoms with E-state index in [1.54, 1.807) is 39.2 Å². The molecular weight excluding hydrogens is 489 g/mol. The molecule has 0 atom stereocenters. The number of ether oxygens (including phenoxy) is 3. The zero-order valence-electron chi connectivity index (χ0n) is 21.3. The molecule has 7 nitrogen and oxygen atoms in total. The molecule has 0 unspecified atom stereocenters. The van der Waals surface area contributed by atoms with Crippen LogP contribution in [0.5, 0.6) is 11.5 Å². The van der Waals surface area contributed by atoms with E-state index < -0.39 is 23.3 Å². The van der Waals surface area contributed by atoms with Crippen LogP contribution in [-0.4, -0.2) is 40.4 Å². The van der Waals surface area contributed by atoms with Crippen molar-refractivity contribution in [3.8, 4) is 22.9 Å². The summed E-state index contributed by atoms with van der Waals surface area (Å²) >= 11 is 0. The van der Waals surface area contributed by atoms with E-state index >= 15 is 0 Å². The number of aliphatic carboxylic acids is 1. The van der Waals surface area contributed by atoms with Gasteiger partial charge >= 0.3 is 12.1 Å². The maximum absolute atomic E-state index is 12.9. The van der Waals surface area contributed by atoms with Gasteiger partial charge in [0.1, 0.15) is 18.1 Å². The number of rotatable bonds is 10. The summed E-state index contributed by atoms with van der Waals surface area (Å²) in [4.78, 5) is 20.5. The fourth-order valence-electron chi connectivity index (χ4n) is 3.49. The number of carboxylic acid groups (broad SMARTS) is 1. The number of alkyl halides is 3. The van der Waals surface area contributed by atoms with Gasteiger partial charge in [-0.1, -0.05) is 12.1 Å². The van der Waals surface area contributed by atoms with Crippen LogP contribution >= 0.6 is 0 Å². The minimum atomic E-state index is -4.42. The van der Waals surface area contributed by atoms with Gasteiger partial charge in [-0.2, -0.15) is 13.2 Å². The maximum atomic E-state index is 12.9. The van der Waals surface area contributed by atoms with Crippen molar-refractivity contribution < 1.29 is 37.3 Å². The first-order valence-electron chi connectivity index (χ1n) is 11.5. The third-order valence-electron chi connectivity index (χ3n) is 5.72. The summed E-state index contributed by atoms with van der Waals surface area (Å²) in [6, 6.07) is 9.80. The van der Waals surface area contributed by atoms with Gasteiger partial charge in [0, 0.05) is 30.4 Å². The van der Waals surface area contributed by atoms with Gasteiger partial charge in [-0.25, -0.2) is 14.8 Å². The molecule has 10 heteroatoms. The first kappa shape index (κ1) is 27.9. The number of aromatic nitrogens is 2. The molecule has 0 saturated carbocycles. The van der Waals surface area contributed by atoms with Crippen molar-refractivity contribution in [2.24, 2.45) is 0 Å². The molecule has 0 aliphatic rings. The molecule has 37 heavy (non-hydrogen) atoms. The van der Waals surface area contributed by atoms with E-state index in [0.717, 1.165) is 17.7 Å². The van der Waals surface area contributed by atoms with Crippen LogP contribution in [0.15, 0.2) is 42.5 Å². The lowest BCUT2D eigenvalue weighted by Crippen LogP contribution is -2.38. The quantitative estimate of drug-likeness (QED) is 0.363. The minimum Gasteiger partial charge on any atom is -0.489 e. The summed E-state index contributed by atoms with van der Waals surface area (Å²) in [6.07, 6.45) is -3.96. The zero-order chi connectivity index (χ0) is 27.4. The van der Waals surface area contributed by atoms with Gasteiger partial charge < -0.3 is 19.3 Å². The molecule has 0 aliphatic heterocycles. The van der Waals surface area contributed by atoms with Crippen molar-refractivity contribution in [2.45, 2.75) is 52.5 Å². The summed E-state index contributed by atoms with van der Waals surface area (Å²) in [5.41, 5.74) is 1.11. The topological polar surface area (TPSA) is 90.8 Å². The highest BCUT2D eigenvalue weighted by molar-refractivity contribution is 5.76. The molecule has 0 saturated heterocycles. The molecule has 1 aromatic heterocycles. The summed E-state index contributed by atoms with van der Waals surface area (Å²) in [5.74, 6) is 0.216. The van der Waals surface area contributed by atoms with E-state index in [0.29, 0.717) is 52.9 Å². The van der Waals surface area contributed by atoms with E-state index in [-0.39, 0.29) is 6.61 Å². The first-order valence-corrected chi connectivity index (χ1v) is 11.5. The average molecular weight is 519 g/mol. The van der Waals surface area contributed by atoms with Gasteiger partial charge in [-0.05, 0) is 63.6 Å². The van der Waals surface area contributed by atoms with Crippen LogP contribution in [0.4, 0.5) is 13.2 Å². The number of benzene rings is 2. The van der Waals surface area contributed by atoms with E-state index in [4.69, 9.17) is 14.2 Å². The number of aryl methyl sites for hydroxylation is 2. The van der Waals surface area contributed by atoms with Gasteiger partial charge in [0.2, 0.25) is 0 Å². The summed E-state index contributed by atoms with van der Waals surface area (Å²) in [6.45, 7) is 7.06. The third kappa shape index (κ3) is 6.97. The first-order chi connectivity index (χ1) is 17.3. The lowest BCUT2D eigenvalue weighted by Gasteiger charge is -2.23. The molecule has 1 N–H and O–H groups in total. The summed E-state index contributed by atoms with van der Waals surface area (Å²) in [5, 5.41) is 9.29. The van der Waals surface area contributed by atoms with Gasteiger partial charge in [-0.15, -0.1) is 0 Å². The predicted molar refractivity (Wildman–Crippen MR) is 131 cm³/mol. The summed E-state index contributed by atoms with van der Waals surface area (Å²) < 4.78 is 55.6. The fourth-order valence-corrected chi connectivity index (χ4v) is 3.49. The van der Waals surface area contributed by atoms with Crippen LogP contribution in [0.25, 0.3) is 11.4 Å². The van der Waals surface area contributed by atoms with Crippen LogP contribution in [0.3, 0.4) is 0 Å². The molecule has 0 fully saturated rings. The van der Waals surface area contributed by atoms with Crippen molar-refractivity contribution >= 4 is 5.97 Å². The Bertz CT molecular complexity index is 1260. The Morgan fingerprint density at radius 2 is 1.70 bits per heavy atom. The Kier molecular flexibility index (Phi) is 8.42. The van der Waals surface area contributed by atoms with Crippen LogP contribution < -0.4 is 9.47 Å². The molecular formula is C27H29F3N2O5. The number of halogens is 3. The maximum Gasteiger partial charge on any atom is 0.416 e. The molecule has 0 aliphatic carbocycles. The van der Waals surface area contributed by atoms with Gasteiger partial charge in [0.25, 0.3) is 0 Å². The third-order valence-corrected chi connectivity index (χ3v) is 5.72. The number of methoxy groups -OCH3 is 1. The van der Waals surface area contributed by atoms with Crippen molar-refractivity contribution in [2.75, 3.05) is 13.7 Å². The molecule has 3 rings (SSSR count). The van der Waals surface area contributed by atoms with Gasteiger partial charge in [-0.3, -0.25) is 0 Å². The van der Waals surface area contributed by atoms with Crippen LogP contribution in [0.2, 0.25) is 0 Å². The van der Waals surface area contributed by atoms with E-state index in [1.165, 1.54) is 26.0 Å². The minimum absolute atomic E-state index is 0.151. The highest BCUT2D eigenvalue weighted by Crippen LogP contribution is 2.31. The Balaban J connectivity index is 1.84. The van der Waals surface area contributed by atoms with E-state index in [2.05, 4.69) is 9.97 Å². The van der Waals surface area contributed by atoms with Crippen LogP contribution in [0, 0.1) is 13.8 Å². The molecule has 1 heterocycles. The van der Waals surface area contributed by atoms with E-state index in [9.17, 15) is 23.1 Å². The highest BCUT2D eigenvalue weighted by atomic mass is 19.4. The SMILES string of the molecule is COCCc1nc(-c2ccc(C(F)(F)F)cc2)nc(C)c1COc1ccc(OC(C)(C)C(=O)O)c(C)c1. The number of carboxylic acids is 1. The monoisotopic (exact) mass is 518 g/mol.